The van der Waals surface area contributed by atoms with Crippen LogP contribution in [0.4, 0.5) is 5.69 Å². The van der Waals surface area contributed by atoms with Gasteiger partial charge in [-0.1, -0.05) is 29.4 Å². The van der Waals surface area contributed by atoms with Crippen LogP contribution >= 0.6 is 22.6 Å². The summed E-state index contributed by atoms with van der Waals surface area (Å²) < 4.78 is 0.854. The zero-order valence-corrected chi connectivity index (χ0v) is 14.7. The van der Waals surface area contributed by atoms with Crippen LogP contribution in [0.15, 0.2) is 53.7 Å². The number of hydrogen-bond acceptors (Lipinski definition) is 4. The number of carbonyl (C=O) groups excluding carboxylic acids is 1. The van der Waals surface area contributed by atoms with Gasteiger partial charge in [-0.05, 0) is 52.4 Å². The lowest BCUT2D eigenvalue weighted by Crippen LogP contribution is -2.13. The second kappa shape index (κ2) is 8.44. The number of hydrogen-bond donors (Lipinski definition) is 3. The first-order chi connectivity index (χ1) is 11.5. The number of aliphatic carboxylic acids is 1. The van der Waals surface area contributed by atoms with Crippen LogP contribution in [0.1, 0.15) is 28.8 Å². The largest absolute Gasteiger partial charge is 0.481 e. The van der Waals surface area contributed by atoms with Gasteiger partial charge in [-0.3, -0.25) is 9.59 Å². The van der Waals surface area contributed by atoms with Crippen LogP contribution in [0.3, 0.4) is 0 Å². The zero-order chi connectivity index (χ0) is 17.5. The van der Waals surface area contributed by atoms with Crippen LogP contribution in [0, 0.1) is 3.57 Å². The van der Waals surface area contributed by atoms with Crippen molar-refractivity contribution in [3.05, 3.63) is 63.2 Å². The van der Waals surface area contributed by atoms with E-state index < -0.39 is 5.97 Å². The lowest BCUT2D eigenvalue weighted by molar-refractivity contribution is -0.136. The highest BCUT2D eigenvalue weighted by Crippen LogP contribution is 2.16. The first-order valence-corrected chi connectivity index (χ1v) is 8.18. The molecule has 2 aromatic rings. The molecule has 0 aliphatic rings. The number of carbonyl (C=O) groups is 2. The number of rotatable bonds is 6. The molecule has 0 aromatic heterocycles. The fraction of sp³-hybridized carbons (Fsp3) is 0.118. The molecule has 0 aliphatic heterocycles. The highest BCUT2D eigenvalue weighted by atomic mass is 127. The number of carboxylic acids is 1. The van der Waals surface area contributed by atoms with Gasteiger partial charge in [0.25, 0.3) is 5.91 Å². The molecule has 7 heteroatoms. The number of oxime groups is 1. The van der Waals surface area contributed by atoms with E-state index in [1.807, 2.05) is 12.1 Å². The van der Waals surface area contributed by atoms with Gasteiger partial charge in [-0.15, -0.1) is 0 Å². The van der Waals surface area contributed by atoms with E-state index in [4.69, 9.17) is 10.3 Å². The monoisotopic (exact) mass is 438 g/mol. The van der Waals surface area contributed by atoms with Crippen LogP contribution < -0.4 is 5.32 Å². The molecule has 0 unspecified atom stereocenters. The molecule has 124 valence electrons. The second-order valence-corrected chi connectivity index (χ2v) is 6.11. The number of halogens is 1. The van der Waals surface area contributed by atoms with Crippen LogP contribution in [0.5, 0.6) is 0 Å². The number of carboxylic acid groups (broad SMARTS) is 1. The quantitative estimate of drug-likeness (QED) is 0.278. The fourth-order valence-electron chi connectivity index (χ4n) is 2.07. The van der Waals surface area contributed by atoms with Crippen LogP contribution in [-0.2, 0) is 4.79 Å². The summed E-state index contributed by atoms with van der Waals surface area (Å²) in [5.41, 5.74) is 2.07. The molecule has 24 heavy (non-hydrogen) atoms. The Kier molecular flexibility index (Phi) is 6.30. The Morgan fingerprint density at radius 1 is 1.04 bits per heavy atom. The maximum Gasteiger partial charge on any atom is 0.303 e. The minimum absolute atomic E-state index is 0.121. The molecule has 0 aliphatic carbocycles. The number of benzene rings is 2. The van der Waals surface area contributed by atoms with Gasteiger partial charge in [-0.25, -0.2) is 0 Å². The number of anilines is 1. The first kappa shape index (κ1) is 17.9. The summed E-state index contributed by atoms with van der Waals surface area (Å²) in [6.45, 7) is 0. The summed E-state index contributed by atoms with van der Waals surface area (Å²) >= 11 is 2.10. The fourth-order valence-corrected chi connectivity index (χ4v) is 2.70. The van der Waals surface area contributed by atoms with Gasteiger partial charge in [-0.2, -0.15) is 0 Å². The number of amides is 1. The Bertz CT molecular complexity index is 772. The van der Waals surface area contributed by atoms with Gasteiger partial charge < -0.3 is 15.6 Å². The van der Waals surface area contributed by atoms with Crippen molar-refractivity contribution in [3.63, 3.8) is 0 Å². The topological polar surface area (TPSA) is 99.0 Å². The molecule has 6 nitrogen and oxygen atoms in total. The van der Waals surface area contributed by atoms with Crippen molar-refractivity contribution in [2.45, 2.75) is 12.8 Å². The smallest absolute Gasteiger partial charge is 0.303 e. The van der Waals surface area contributed by atoms with E-state index in [0.717, 1.165) is 3.57 Å². The predicted octanol–water partition coefficient (Wildman–Crippen LogP) is 3.59. The molecule has 2 rings (SSSR count). The van der Waals surface area contributed by atoms with E-state index in [2.05, 4.69) is 33.1 Å². The minimum Gasteiger partial charge on any atom is -0.481 e. The third-order valence-electron chi connectivity index (χ3n) is 3.29. The van der Waals surface area contributed by atoms with E-state index in [9.17, 15) is 9.59 Å². The predicted molar refractivity (Wildman–Crippen MR) is 98.7 cm³/mol. The SMILES string of the molecule is O=C(O)CC/C(=N/O)c1ccc(NC(=O)c2ccccc2I)cc1. The van der Waals surface area contributed by atoms with Crippen molar-refractivity contribution in [2.24, 2.45) is 5.16 Å². The molecule has 0 bridgehead atoms. The van der Waals surface area contributed by atoms with Crippen molar-refractivity contribution in [1.29, 1.82) is 0 Å². The Labute approximate surface area is 152 Å². The van der Waals surface area contributed by atoms with E-state index in [-0.39, 0.29) is 24.5 Å². The standard InChI is InChI=1S/C17H15IN2O4/c18-14-4-2-1-3-13(14)17(23)19-12-7-5-11(6-8-12)15(20-24)9-10-16(21)22/h1-8,24H,9-10H2,(H,19,23)(H,21,22)/b20-15-. The maximum atomic E-state index is 12.2. The molecular weight excluding hydrogens is 423 g/mol. The Hall–Kier alpha value is -2.42. The molecular formula is C17H15IN2O4. The van der Waals surface area contributed by atoms with E-state index >= 15 is 0 Å². The maximum absolute atomic E-state index is 12.2. The molecule has 3 N–H and O–H groups in total. The summed E-state index contributed by atoms with van der Waals surface area (Å²) in [6.07, 6.45) is 0.00404. The lowest BCUT2D eigenvalue weighted by atomic mass is 10.1. The van der Waals surface area contributed by atoms with Gasteiger partial charge in [0.15, 0.2) is 0 Å². The molecule has 0 radical (unpaired) electrons. The van der Waals surface area contributed by atoms with Crippen molar-refractivity contribution >= 4 is 45.9 Å². The second-order valence-electron chi connectivity index (χ2n) is 4.95. The zero-order valence-electron chi connectivity index (χ0n) is 12.6. The third-order valence-corrected chi connectivity index (χ3v) is 4.23. The average molecular weight is 438 g/mol. The summed E-state index contributed by atoms with van der Waals surface area (Å²) in [7, 11) is 0. The Morgan fingerprint density at radius 2 is 1.71 bits per heavy atom. The average Bonchev–Trinajstić information content (AvgIpc) is 2.57. The van der Waals surface area contributed by atoms with Crippen molar-refractivity contribution in [1.82, 2.24) is 0 Å². The molecule has 0 saturated heterocycles. The van der Waals surface area contributed by atoms with Crippen LogP contribution in [0.2, 0.25) is 0 Å². The first-order valence-electron chi connectivity index (χ1n) is 7.10. The number of nitrogens with one attached hydrogen (secondary N) is 1. The van der Waals surface area contributed by atoms with Crippen molar-refractivity contribution in [3.8, 4) is 0 Å². The Morgan fingerprint density at radius 3 is 2.29 bits per heavy atom. The van der Waals surface area contributed by atoms with Gasteiger partial charge in [0.1, 0.15) is 0 Å². The highest BCUT2D eigenvalue weighted by Gasteiger charge is 2.11. The van der Waals surface area contributed by atoms with Crippen LogP contribution in [0.25, 0.3) is 0 Å². The third kappa shape index (κ3) is 4.79. The molecule has 0 fully saturated rings. The lowest BCUT2D eigenvalue weighted by Gasteiger charge is -2.08. The molecule has 0 atom stereocenters. The number of nitrogens with zero attached hydrogens (tertiary/aromatic N) is 1. The normalized spacial score (nSPS) is 11.1. The molecule has 0 spiro atoms. The van der Waals surface area contributed by atoms with E-state index in [1.54, 1.807) is 36.4 Å². The van der Waals surface area contributed by atoms with E-state index in [1.165, 1.54) is 0 Å². The van der Waals surface area contributed by atoms with E-state index in [0.29, 0.717) is 16.8 Å². The Balaban J connectivity index is 2.08. The highest BCUT2D eigenvalue weighted by molar-refractivity contribution is 14.1. The van der Waals surface area contributed by atoms with Gasteiger partial charge in [0, 0.05) is 15.7 Å². The summed E-state index contributed by atoms with van der Waals surface area (Å²) in [5, 5.41) is 23.6. The minimum atomic E-state index is -0.961. The van der Waals surface area contributed by atoms with Crippen molar-refractivity contribution in [2.75, 3.05) is 5.32 Å². The van der Waals surface area contributed by atoms with Gasteiger partial charge in [0.05, 0.1) is 17.7 Å². The van der Waals surface area contributed by atoms with Gasteiger partial charge in [0.2, 0.25) is 0 Å². The molecule has 2 aromatic carbocycles. The molecule has 0 heterocycles. The van der Waals surface area contributed by atoms with Gasteiger partial charge >= 0.3 is 5.97 Å². The summed E-state index contributed by atoms with van der Waals surface area (Å²) in [5.74, 6) is -1.17. The van der Waals surface area contributed by atoms with Crippen molar-refractivity contribution < 1.29 is 19.9 Å². The van der Waals surface area contributed by atoms with Crippen LogP contribution in [-0.4, -0.2) is 27.9 Å². The molecule has 0 saturated carbocycles. The molecule has 1 amide bonds. The summed E-state index contributed by atoms with van der Waals surface area (Å²) in [4.78, 5) is 22.8. The summed E-state index contributed by atoms with van der Waals surface area (Å²) in [6, 6.07) is 13.9.